The van der Waals surface area contributed by atoms with E-state index in [1.807, 2.05) is 0 Å². The van der Waals surface area contributed by atoms with E-state index in [2.05, 4.69) is 4.98 Å². The highest BCUT2D eigenvalue weighted by atomic mass is 35.5. The van der Waals surface area contributed by atoms with Crippen LogP contribution in [0.1, 0.15) is 10.4 Å². The van der Waals surface area contributed by atoms with Crippen LogP contribution < -0.4 is 0 Å². The third kappa shape index (κ3) is 2.40. The maximum Gasteiger partial charge on any atom is 0.288 e. The summed E-state index contributed by atoms with van der Waals surface area (Å²) >= 11 is 5.71. The van der Waals surface area contributed by atoms with E-state index >= 15 is 0 Å². The number of carbonyl (C=O) groups is 1. The third-order valence-electron chi connectivity index (χ3n) is 2.29. The number of hydroxylamine groups is 2. The lowest BCUT2D eigenvalue weighted by molar-refractivity contribution is -0.385. The van der Waals surface area contributed by atoms with Crippen molar-refractivity contribution in [2.45, 2.75) is 6.10 Å². The summed E-state index contributed by atoms with van der Waals surface area (Å²) in [5.74, 6) is -0.673. The number of aliphatic hydroxyl groups is 1. The molecule has 1 atom stereocenters. The molecule has 1 amide bonds. The van der Waals surface area contributed by atoms with Crippen molar-refractivity contribution in [1.29, 1.82) is 0 Å². The first-order valence-corrected chi connectivity index (χ1v) is 5.29. The lowest BCUT2D eigenvalue weighted by Crippen LogP contribution is -2.28. The fourth-order valence-electron chi connectivity index (χ4n) is 1.44. The number of carbonyl (C=O) groups excluding carboxylic acids is 1. The van der Waals surface area contributed by atoms with Crippen LogP contribution in [0.2, 0.25) is 5.15 Å². The Labute approximate surface area is 106 Å². The SMILES string of the molecule is O=C(c1cc([N+](=O)[O-])cnc1Cl)N1C[C@@H](O)CO1. The fraction of sp³-hybridized carbons (Fsp3) is 0.333. The molecule has 0 aliphatic carbocycles. The van der Waals surface area contributed by atoms with Gasteiger partial charge in [-0.15, -0.1) is 0 Å². The molecule has 0 bridgehead atoms. The molecule has 0 unspecified atom stereocenters. The molecule has 18 heavy (non-hydrogen) atoms. The minimum Gasteiger partial charge on any atom is -0.389 e. The van der Waals surface area contributed by atoms with Crippen LogP contribution in [0, 0.1) is 10.1 Å². The quantitative estimate of drug-likeness (QED) is 0.475. The Morgan fingerprint density at radius 1 is 1.72 bits per heavy atom. The van der Waals surface area contributed by atoms with E-state index in [0.29, 0.717) is 0 Å². The number of amides is 1. The van der Waals surface area contributed by atoms with Crippen molar-refractivity contribution in [2.24, 2.45) is 0 Å². The Hall–Kier alpha value is -1.77. The second-order valence-corrected chi connectivity index (χ2v) is 3.96. The van der Waals surface area contributed by atoms with E-state index in [-0.39, 0.29) is 29.6 Å². The van der Waals surface area contributed by atoms with Crippen LogP contribution in [0.15, 0.2) is 12.3 Å². The first-order valence-electron chi connectivity index (χ1n) is 4.92. The highest BCUT2D eigenvalue weighted by Gasteiger charge is 2.29. The minimum atomic E-state index is -0.778. The van der Waals surface area contributed by atoms with Gasteiger partial charge >= 0.3 is 0 Å². The summed E-state index contributed by atoms with van der Waals surface area (Å²) in [7, 11) is 0. The van der Waals surface area contributed by atoms with Crippen LogP contribution >= 0.6 is 11.6 Å². The zero-order valence-corrected chi connectivity index (χ0v) is 9.70. The molecule has 1 N–H and O–H groups in total. The number of nitro groups is 1. The largest absolute Gasteiger partial charge is 0.389 e. The summed E-state index contributed by atoms with van der Waals surface area (Å²) in [6.45, 7) is -0.0242. The molecule has 1 aromatic rings. The molecule has 8 nitrogen and oxygen atoms in total. The molecular weight excluding hydrogens is 266 g/mol. The van der Waals surface area contributed by atoms with Crippen LogP contribution in [0.4, 0.5) is 5.69 Å². The standard InChI is InChI=1S/C9H8ClN3O5/c10-8-7(1-5(2-11-8)13(16)17)9(15)12-3-6(14)4-18-12/h1-2,6,14H,3-4H2/t6-/m1/s1. The summed E-state index contributed by atoms with van der Waals surface area (Å²) in [4.78, 5) is 30.3. The van der Waals surface area contributed by atoms with Gasteiger partial charge in [-0.25, -0.2) is 10.0 Å². The van der Waals surface area contributed by atoms with Gasteiger partial charge < -0.3 is 5.11 Å². The number of nitrogens with zero attached hydrogens (tertiary/aromatic N) is 3. The topological polar surface area (TPSA) is 106 Å². The predicted molar refractivity (Wildman–Crippen MR) is 58.9 cm³/mol. The molecule has 1 fully saturated rings. The van der Waals surface area contributed by atoms with E-state index in [9.17, 15) is 20.0 Å². The van der Waals surface area contributed by atoms with Gasteiger partial charge in [-0.2, -0.15) is 0 Å². The van der Waals surface area contributed by atoms with Crippen molar-refractivity contribution in [3.05, 3.63) is 33.1 Å². The van der Waals surface area contributed by atoms with Crippen molar-refractivity contribution >= 4 is 23.2 Å². The number of aromatic nitrogens is 1. The third-order valence-corrected chi connectivity index (χ3v) is 2.59. The highest BCUT2D eigenvalue weighted by molar-refractivity contribution is 6.32. The van der Waals surface area contributed by atoms with Gasteiger partial charge in [0.15, 0.2) is 0 Å². The molecule has 1 aromatic heterocycles. The van der Waals surface area contributed by atoms with Crippen molar-refractivity contribution in [3.8, 4) is 0 Å². The Morgan fingerprint density at radius 3 is 3.00 bits per heavy atom. The summed E-state index contributed by atoms with van der Waals surface area (Å²) in [5, 5.41) is 20.6. The molecule has 1 aliphatic heterocycles. The van der Waals surface area contributed by atoms with E-state index in [4.69, 9.17) is 16.4 Å². The molecule has 0 saturated carbocycles. The van der Waals surface area contributed by atoms with E-state index < -0.39 is 16.9 Å². The van der Waals surface area contributed by atoms with Gasteiger partial charge in [0.25, 0.3) is 11.6 Å². The average molecular weight is 274 g/mol. The van der Waals surface area contributed by atoms with Crippen LogP contribution in [-0.4, -0.2) is 45.2 Å². The van der Waals surface area contributed by atoms with Crippen molar-refractivity contribution in [3.63, 3.8) is 0 Å². The number of halogens is 1. The number of hydrogen-bond donors (Lipinski definition) is 1. The van der Waals surface area contributed by atoms with Gasteiger partial charge in [0.1, 0.15) is 24.1 Å². The fourth-order valence-corrected chi connectivity index (χ4v) is 1.62. The van der Waals surface area contributed by atoms with Crippen LogP contribution in [0.5, 0.6) is 0 Å². The summed E-state index contributed by atoms with van der Waals surface area (Å²) in [6.07, 6.45) is 0.179. The van der Waals surface area contributed by atoms with Crippen LogP contribution in [-0.2, 0) is 4.84 Å². The number of pyridine rings is 1. The van der Waals surface area contributed by atoms with Crippen LogP contribution in [0.3, 0.4) is 0 Å². The van der Waals surface area contributed by atoms with Gasteiger partial charge in [0, 0.05) is 6.07 Å². The Balaban J connectivity index is 2.29. The van der Waals surface area contributed by atoms with E-state index in [0.717, 1.165) is 17.3 Å². The summed E-state index contributed by atoms with van der Waals surface area (Å²) in [6, 6.07) is 1.02. The van der Waals surface area contributed by atoms with Gasteiger partial charge in [0.05, 0.1) is 17.0 Å². The lowest BCUT2D eigenvalue weighted by Gasteiger charge is -2.13. The van der Waals surface area contributed by atoms with E-state index in [1.54, 1.807) is 0 Å². The maximum atomic E-state index is 11.9. The number of rotatable bonds is 2. The molecule has 0 spiro atoms. The van der Waals surface area contributed by atoms with Gasteiger partial charge in [-0.05, 0) is 0 Å². The summed E-state index contributed by atoms with van der Waals surface area (Å²) in [5.41, 5.74) is -0.484. The zero-order valence-electron chi connectivity index (χ0n) is 8.95. The second-order valence-electron chi connectivity index (χ2n) is 3.60. The molecule has 1 saturated heterocycles. The normalized spacial score (nSPS) is 19.0. The second kappa shape index (κ2) is 4.84. The minimum absolute atomic E-state index is 0.00822. The molecule has 2 heterocycles. The van der Waals surface area contributed by atoms with Crippen molar-refractivity contribution in [2.75, 3.05) is 13.2 Å². The molecule has 9 heteroatoms. The van der Waals surface area contributed by atoms with Crippen LogP contribution in [0.25, 0.3) is 0 Å². The summed E-state index contributed by atoms with van der Waals surface area (Å²) < 4.78 is 0. The highest BCUT2D eigenvalue weighted by Crippen LogP contribution is 2.22. The molecule has 0 radical (unpaired) electrons. The molecule has 1 aliphatic rings. The smallest absolute Gasteiger partial charge is 0.288 e. The monoisotopic (exact) mass is 273 g/mol. The lowest BCUT2D eigenvalue weighted by atomic mass is 10.2. The predicted octanol–water partition coefficient (Wildman–Crippen LogP) is 0.392. The number of aliphatic hydroxyl groups excluding tert-OH is 1. The maximum absolute atomic E-state index is 11.9. The molecule has 0 aromatic carbocycles. The van der Waals surface area contributed by atoms with Crippen molar-refractivity contribution in [1.82, 2.24) is 10.0 Å². The Bertz CT molecular complexity index is 509. The van der Waals surface area contributed by atoms with Gasteiger partial charge in [-0.1, -0.05) is 11.6 Å². The van der Waals surface area contributed by atoms with Gasteiger partial charge in [0.2, 0.25) is 0 Å². The number of hydrogen-bond acceptors (Lipinski definition) is 6. The Kier molecular flexibility index (Phi) is 3.41. The van der Waals surface area contributed by atoms with E-state index in [1.165, 1.54) is 0 Å². The zero-order chi connectivity index (χ0) is 13.3. The number of β-amino-alcohol motifs (C(OH)–C–C–N with tert-alkyl or cyclic N) is 1. The van der Waals surface area contributed by atoms with Crippen molar-refractivity contribution < 1.29 is 19.7 Å². The molecule has 96 valence electrons. The average Bonchev–Trinajstić information content (AvgIpc) is 2.75. The molecule has 2 rings (SSSR count). The first kappa shape index (κ1) is 12.7. The van der Waals surface area contributed by atoms with Gasteiger partial charge in [-0.3, -0.25) is 19.7 Å². The first-order chi connectivity index (χ1) is 8.49. The molecular formula is C9H8ClN3O5. The Morgan fingerprint density at radius 2 is 2.44 bits per heavy atom.